The molecule has 1 saturated heterocycles. The summed E-state index contributed by atoms with van der Waals surface area (Å²) in [6.45, 7) is 4.23. The molecule has 1 fully saturated rings. The highest BCUT2D eigenvalue weighted by Crippen LogP contribution is 2.22. The third-order valence-corrected chi connectivity index (χ3v) is 3.87. The molecule has 4 heteroatoms. The second-order valence-corrected chi connectivity index (χ2v) is 5.58. The number of carbonyl (C=O) groups excluding carboxylic acids is 2. The summed E-state index contributed by atoms with van der Waals surface area (Å²) in [6, 6.07) is 3.77. The first kappa shape index (κ1) is 14.7. The third-order valence-electron chi connectivity index (χ3n) is 3.87. The van der Waals surface area contributed by atoms with Crippen molar-refractivity contribution in [2.75, 3.05) is 6.54 Å². The number of rotatable bonds is 3. The van der Waals surface area contributed by atoms with Crippen LogP contribution in [0.5, 0.6) is 0 Å². The van der Waals surface area contributed by atoms with Gasteiger partial charge in [0.25, 0.3) is 5.91 Å². The van der Waals surface area contributed by atoms with E-state index in [0.717, 1.165) is 37.8 Å². The zero-order valence-electron chi connectivity index (χ0n) is 12.3. The summed E-state index contributed by atoms with van der Waals surface area (Å²) < 4.78 is 0. The first-order chi connectivity index (χ1) is 9.59. The Balaban J connectivity index is 2.24. The number of pyridine rings is 1. The van der Waals surface area contributed by atoms with Crippen molar-refractivity contribution in [2.24, 2.45) is 0 Å². The molecule has 20 heavy (non-hydrogen) atoms. The lowest BCUT2D eigenvalue weighted by molar-refractivity contribution is -0.118. The molecule has 2 rings (SSSR count). The highest BCUT2D eigenvalue weighted by molar-refractivity contribution is 5.94. The molecule has 0 aromatic carbocycles. The van der Waals surface area contributed by atoms with Gasteiger partial charge in [-0.05, 0) is 38.3 Å². The molecule has 0 radical (unpaired) electrons. The van der Waals surface area contributed by atoms with Crippen molar-refractivity contribution in [2.45, 2.75) is 52.0 Å². The van der Waals surface area contributed by atoms with Crippen molar-refractivity contribution in [1.29, 1.82) is 0 Å². The maximum atomic E-state index is 12.7. The summed E-state index contributed by atoms with van der Waals surface area (Å²) in [5, 5.41) is 0. The second-order valence-electron chi connectivity index (χ2n) is 5.58. The Kier molecular flexibility index (Phi) is 4.88. The normalized spacial score (nSPS) is 19.5. The maximum Gasteiger partial charge on any atom is 0.272 e. The van der Waals surface area contributed by atoms with Gasteiger partial charge in [-0.2, -0.15) is 0 Å². The quantitative estimate of drug-likeness (QED) is 0.851. The summed E-state index contributed by atoms with van der Waals surface area (Å²) in [4.78, 5) is 30.2. The Hall–Kier alpha value is -1.71. The molecule has 0 spiro atoms. The number of aryl methyl sites for hydroxylation is 1. The van der Waals surface area contributed by atoms with Gasteiger partial charge in [0.2, 0.25) is 0 Å². The number of amides is 1. The Bertz CT molecular complexity index is 499. The molecular formula is C16H22N2O2. The monoisotopic (exact) mass is 274 g/mol. The minimum atomic E-state index is -0.0312. The van der Waals surface area contributed by atoms with Crippen LogP contribution in [0.1, 0.15) is 55.1 Å². The predicted molar refractivity (Wildman–Crippen MR) is 77.6 cm³/mol. The number of hydrogen-bond acceptors (Lipinski definition) is 3. The lowest BCUT2D eigenvalue weighted by Crippen LogP contribution is -2.41. The van der Waals surface area contributed by atoms with Crippen LogP contribution < -0.4 is 0 Å². The lowest BCUT2D eigenvalue weighted by Gasteiger charge is -2.29. The lowest BCUT2D eigenvalue weighted by atomic mass is 10.0. The van der Waals surface area contributed by atoms with E-state index in [1.54, 1.807) is 13.1 Å². The van der Waals surface area contributed by atoms with Gasteiger partial charge in [-0.25, -0.2) is 0 Å². The van der Waals surface area contributed by atoms with Crippen LogP contribution in [0, 0.1) is 6.92 Å². The van der Waals surface area contributed by atoms with Gasteiger partial charge in [0.05, 0.1) is 0 Å². The van der Waals surface area contributed by atoms with Gasteiger partial charge in [0.15, 0.2) is 0 Å². The first-order valence-electron chi connectivity index (χ1n) is 7.31. The summed E-state index contributed by atoms with van der Waals surface area (Å²) >= 11 is 0. The molecule has 1 aromatic rings. The van der Waals surface area contributed by atoms with Crippen molar-refractivity contribution in [3.8, 4) is 0 Å². The fourth-order valence-corrected chi connectivity index (χ4v) is 2.83. The summed E-state index contributed by atoms with van der Waals surface area (Å²) in [6.07, 6.45) is 6.24. The van der Waals surface area contributed by atoms with Crippen LogP contribution in [0.15, 0.2) is 18.3 Å². The molecule has 1 atom stereocenters. The Labute approximate surface area is 120 Å². The number of Topliss-reactive ketones (excluding diaryl/α,β-unsaturated/α-hetero) is 1. The number of hydrogen-bond donors (Lipinski definition) is 0. The van der Waals surface area contributed by atoms with Crippen LogP contribution >= 0.6 is 0 Å². The molecule has 1 aliphatic heterocycles. The third kappa shape index (κ3) is 3.44. The van der Waals surface area contributed by atoms with Crippen LogP contribution in [0.4, 0.5) is 0 Å². The SMILES string of the molecule is CC(=O)CC1CCCCCN1C(=O)c1ncccc1C. The number of likely N-dealkylation sites (tertiary alicyclic amines) is 1. The van der Waals surface area contributed by atoms with E-state index in [0.29, 0.717) is 12.1 Å². The highest BCUT2D eigenvalue weighted by atomic mass is 16.2. The number of nitrogens with zero attached hydrogens (tertiary/aromatic N) is 2. The van der Waals surface area contributed by atoms with E-state index in [2.05, 4.69) is 4.98 Å². The smallest absolute Gasteiger partial charge is 0.272 e. The fourth-order valence-electron chi connectivity index (χ4n) is 2.83. The van der Waals surface area contributed by atoms with Crippen molar-refractivity contribution >= 4 is 11.7 Å². The molecule has 0 saturated carbocycles. The molecule has 1 aliphatic rings. The number of ketones is 1. The van der Waals surface area contributed by atoms with Gasteiger partial charge in [-0.1, -0.05) is 18.9 Å². The van der Waals surface area contributed by atoms with Gasteiger partial charge in [-0.3, -0.25) is 14.6 Å². The van der Waals surface area contributed by atoms with Crippen LogP contribution in [-0.4, -0.2) is 34.2 Å². The van der Waals surface area contributed by atoms with E-state index >= 15 is 0 Å². The Morgan fingerprint density at radius 3 is 2.85 bits per heavy atom. The highest BCUT2D eigenvalue weighted by Gasteiger charge is 2.28. The summed E-state index contributed by atoms with van der Waals surface area (Å²) in [7, 11) is 0. The average Bonchev–Trinajstić information content (AvgIpc) is 2.63. The average molecular weight is 274 g/mol. The van der Waals surface area contributed by atoms with E-state index in [-0.39, 0.29) is 17.7 Å². The molecule has 1 aromatic heterocycles. The zero-order chi connectivity index (χ0) is 14.5. The minimum Gasteiger partial charge on any atom is -0.334 e. The Morgan fingerprint density at radius 2 is 2.15 bits per heavy atom. The second kappa shape index (κ2) is 6.64. The zero-order valence-corrected chi connectivity index (χ0v) is 12.3. The van der Waals surface area contributed by atoms with Gasteiger partial charge in [-0.15, -0.1) is 0 Å². The van der Waals surface area contributed by atoms with Gasteiger partial charge in [0, 0.05) is 25.2 Å². The van der Waals surface area contributed by atoms with E-state index in [9.17, 15) is 9.59 Å². The minimum absolute atomic E-state index is 0.0312. The van der Waals surface area contributed by atoms with Crippen molar-refractivity contribution < 1.29 is 9.59 Å². The number of carbonyl (C=O) groups is 2. The van der Waals surface area contributed by atoms with Gasteiger partial charge < -0.3 is 4.90 Å². The standard InChI is InChI=1S/C16H22N2O2/c1-12-7-6-9-17-15(12)16(20)18-10-5-3-4-8-14(18)11-13(2)19/h6-7,9,14H,3-5,8,10-11H2,1-2H3. The van der Waals surface area contributed by atoms with Gasteiger partial charge in [0.1, 0.15) is 11.5 Å². The molecule has 1 amide bonds. The van der Waals surface area contributed by atoms with Crippen LogP contribution in [0.3, 0.4) is 0 Å². The van der Waals surface area contributed by atoms with Crippen molar-refractivity contribution in [3.05, 3.63) is 29.6 Å². The van der Waals surface area contributed by atoms with E-state index in [4.69, 9.17) is 0 Å². The van der Waals surface area contributed by atoms with Crippen LogP contribution in [-0.2, 0) is 4.79 Å². The molecule has 1 unspecified atom stereocenters. The Morgan fingerprint density at radius 1 is 1.35 bits per heavy atom. The van der Waals surface area contributed by atoms with E-state index in [1.807, 2.05) is 24.0 Å². The van der Waals surface area contributed by atoms with Crippen LogP contribution in [0.25, 0.3) is 0 Å². The predicted octanol–water partition coefficient (Wildman–Crippen LogP) is 2.75. The molecule has 0 aliphatic carbocycles. The van der Waals surface area contributed by atoms with Gasteiger partial charge >= 0.3 is 0 Å². The van der Waals surface area contributed by atoms with Crippen LogP contribution in [0.2, 0.25) is 0 Å². The number of aromatic nitrogens is 1. The van der Waals surface area contributed by atoms with E-state index < -0.39 is 0 Å². The molecule has 108 valence electrons. The van der Waals surface area contributed by atoms with Crippen molar-refractivity contribution in [1.82, 2.24) is 9.88 Å². The molecule has 0 N–H and O–H groups in total. The molecule has 4 nitrogen and oxygen atoms in total. The largest absolute Gasteiger partial charge is 0.334 e. The summed E-state index contributed by atoms with van der Waals surface area (Å²) in [5.74, 6) is 0.115. The van der Waals surface area contributed by atoms with E-state index in [1.165, 1.54) is 0 Å². The first-order valence-corrected chi connectivity index (χ1v) is 7.31. The molecular weight excluding hydrogens is 252 g/mol. The molecule has 2 heterocycles. The topological polar surface area (TPSA) is 50.3 Å². The molecule has 0 bridgehead atoms. The van der Waals surface area contributed by atoms with Crippen molar-refractivity contribution in [3.63, 3.8) is 0 Å². The maximum absolute atomic E-state index is 12.7. The summed E-state index contributed by atoms with van der Waals surface area (Å²) in [5.41, 5.74) is 1.41. The fraction of sp³-hybridized carbons (Fsp3) is 0.562.